The van der Waals surface area contributed by atoms with Gasteiger partial charge in [0.2, 0.25) is 20.0 Å². The molecule has 0 bridgehead atoms. The van der Waals surface area contributed by atoms with E-state index in [1.54, 1.807) is 6.92 Å². The molecule has 7 nitrogen and oxygen atoms in total. The Hall–Kier alpha value is -1.00. The Labute approximate surface area is 138 Å². The van der Waals surface area contributed by atoms with Gasteiger partial charge in [0.05, 0.1) is 0 Å². The smallest absolute Gasteiger partial charge is 0.244 e. The average molecular weight is 361 g/mol. The molecule has 0 aromatic heterocycles. The molecule has 1 fully saturated rings. The third-order valence-electron chi connectivity index (χ3n) is 3.71. The second-order valence-corrected chi connectivity index (χ2v) is 9.36. The Bertz CT molecular complexity index is 739. The number of rotatable bonds is 7. The highest BCUT2D eigenvalue weighted by atomic mass is 32.2. The Morgan fingerprint density at radius 2 is 1.70 bits per heavy atom. The molecule has 2 rings (SSSR count). The fraction of sp³-hybridized carbons (Fsp3) is 0.571. The van der Waals surface area contributed by atoms with E-state index in [4.69, 9.17) is 5.73 Å². The summed E-state index contributed by atoms with van der Waals surface area (Å²) >= 11 is 0. The molecule has 23 heavy (non-hydrogen) atoms. The maximum absolute atomic E-state index is 12.7. The van der Waals surface area contributed by atoms with Crippen molar-refractivity contribution in [3.05, 3.63) is 24.3 Å². The van der Waals surface area contributed by atoms with Crippen molar-refractivity contribution in [2.45, 2.75) is 42.0 Å². The molecule has 0 amide bonds. The van der Waals surface area contributed by atoms with Gasteiger partial charge in [-0.25, -0.2) is 21.6 Å². The lowest BCUT2D eigenvalue weighted by molar-refractivity contribution is 0.474. The molecule has 0 saturated carbocycles. The van der Waals surface area contributed by atoms with Crippen LogP contribution in [-0.4, -0.2) is 46.8 Å². The van der Waals surface area contributed by atoms with E-state index in [0.29, 0.717) is 19.5 Å². The van der Waals surface area contributed by atoms with Crippen LogP contribution in [-0.2, 0) is 20.0 Å². The molecule has 0 spiro atoms. The van der Waals surface area contributed by atoms with Gasteiger partial charge in [-0.15, -0.1) is 0 Å². The summed E-state index contributed by atoms with van der Waals surface area (Å²) in [5.41, 5.74) is 5.60. The molecule has 0 aliphatic carbocycles. The highest BCUT2D eigenvalue weighted by Crippen LogP contribution is 2.26. The molecule has 1 heterocycles. The summed E-state index contributed by atoms with van der Waals surface area (Å²) in [5.74, 6) is 0. The van der Waals surface area contributed by atoms with Crippen LogP contribution in [0.4, 0.5) is 0 Å². The number of nitrogens with two attached hydrogens (primary N) is 1. The zero-order valence-corrected chi connectivity index (χ0v) is 14.7. The zero-order valence-electron chi connectivity index (χ0n) is 13.1. The quantitative estimate of drug-likeness (QED) is 0.734. The Balaban J connectivity index is 2.33. The normalized spacial score (nSPS) is 18.2. The predicted octanol–water partition coefficient (Wildman–Crippen LogP) is 0.487. The minimum Gasteiger partial charge on any atom is -0.328 e. The van der Waals surface area contributed by atoms with Gasteiger partial charge < -0.3 is 5.73 Å². The molecule has 1 aromatic rings. The van der Waals surface area contributed by atoms with E-state index in [1.165, 1.54) is 28.6 Å². The van der Waals surface area contributed by atoms with Gasteiger partial charge in [0.25, 0.3) is 0 Å². The van der Waals surface area contributed by atoms with Crippen LogP contribution in [0.25, 0.3) is 0 Å². The zero-order chi connectivity index (χ0) is 17.1. The van der Waals surface area contributed by atoms with Crippen LogP contribution in [0.3, 0.4) is 0 Å². The van der Waals surface area contributed by atoms with E-state index in [0.717, 1.165) is 12.8 Å². The van der Waals surface area contributed by atoms with Gasteiger partial charge in [0.1, 0.15) is 9.79 Å². The van der Waals surface area contributed by atoms with Crippen molar-refractivity contribution >= 4 is 20.0 Å². The second-order valence-electron chi connectivity index (χ2n) is 5.72. The van der Waals surface area contributed by atoms with Crippen LogP contribution in [0.15, 0.2) is 34.1 Å². The van der Waals surface area contributed by atoms with Crippen molar-refractivity contribution in [2.75, 3.05) is 19.6 Å². The van der Waals surface area contributed by atoms with Gasteiger partial charge in [0, 0.05) is 25.7 Å². The van der Waals surface area contributed by atoms with Crippen molar-refractivity contribution in [3.8, 4) is 0 Å². The minimum absolute atomic E-state index is 0.138. The van der Waals surface area contributed by atoms with Gasteiger partial charge in [-0.2, -0.15) is 4.31 Å². The highest BCUT2D eigenvalue weighted by Gasteiger charge is 2.32. The summed E-state index contributed by atoms with van der Waals surface area (Å²) in [4.78, 5) is -0.383. The number of hydrogen-bond donors (Lipinski definition) is 2. The Kier molecular flexibility index (Phi) is 5.79. The van der Waals surface area contributed by atoms with E-state index >= 15 is 0 Å². The predicted molar refractivity (Wildman–Crippen MR) is 87.9 cm³/mol. The van der Waals surface area contributed by atoms with Crippen molar-refractivity contribution in [2.24, 2.45) is 5.73 Å². The van der Waals surface area contributed by atoms with Crippen molar-refractivity contribution in [1.82, 2.24) is 9.03 Å². The summed E-state index contributed by atoms with van der Waals surface area (Å²) in [5, 5.41) is 0. The molecule has 1 aliphatic rings. The fourth-order valence-corrected chi connectivity index (χ4v) is 5.82. The van der Waals surface area contributed by atoms with Crippen molar-refractivity contribution in [3.63, 3.8) is 0 Å². The lowest BCUT2D eigenvalue weighted by atomic mass is 10.3. The van der Waals surface area contributed by atoms with Crippen LogP contribution < -0.4 is 10.5 Å². The lowest BCUT2D eigenvalue weighted by Crippen LogP contribution is -2.32. The Morgan fingerprint density at radius 3 is 2.26 bits per heavy atom. The fourth-order valence-electron chi connectivity index (χ4n) is 2.45. The molecule has 1 aliphatic heterocycles. The van der Waals surface area contributed by atoms with Crippen LogP contribution in [0, 0.1) is 0 Å². The first-order valence-electron chi connectivity index (χ1n) is 7.59. The van der Waals surface area contributed by atoms with Crippen molar-refractivity contribution in [1.29, 1.82) is 0 Å². The number of nitrogens with one attached hydrogen (secondary N) is 1. The Morgan fingerprint density at radius 1 is 1.13 bits per heavy atom. The highest BCUT2D eigenvalue weighted by molar-refractivity contribution is 7.92. The number of nitrogens with zero attached hydrogens (tertiary/aromatic N) is 1. The maximum atomic E-state index is 12.7. The second kappa shape index (κ2) is 7.27. The first kappa shape index (κ1) is 18.3. The van der Waals surface area contributed by atoms with Crippen molar-refractivity contribution < 1.29 is 16.8 Å². The molecule has 9 heteroatoms. The van der Waals surface area contributed by atoms with Crippen LogP contribution in [0.2, 0.25) is 0 Å². The number of sulfonamides is 2. The van der Waals surface area contributed by atoms with Crippen LogP contribution in [0.1, 0.15) is 26.2 Å². The molecule has 1 aromatic carbocycles. The number of hydrogen-bond acceptors (Lipinski definition) is 5. The summed E-state index contributed by atoms with van der Waals surface area (Å²) in [7, 11) is -7.72. The molecule has 1 unspecified atom stereocenters. The summed E-state index contributed by atoms with van der Waals surface area (Å²) < 4.78 is 54.1. The first-order valence-corrected chi connectivity index (χ1v) is 10.5. The first-order chi connectivity index (χ1) is 10.7. The standard InChI is InChI=1S/C14H23N3O4S2/c1-12(15)8-9-16-22(18,19)13-6-2-3-7-14(13)23(20,21)17-10-4-5-11-17/h2-3,6-7,12,16H,4-5,8-11,15H2,1H3. The SMILES string of the molecule is CC(N)CCNS(=O)(=O)c1ccccc1S(=O)(=O)N1CCCC1. The molecule has 0 radical (unpaired) electrons. The molecule has 1 atom stereocenters. The third-order valence-corrected chi connectivity index (χ3v) is 7.32. The van der Waals surface area contributed by atoms with Gasteiger partial charge in [0.15, 0.2) is 0 Å². The summed E-state index contributed by atoms with van der Waals surface area (Å²) in [6.07, 6.45) is 2.06. The van der Waals surface area contributed by atoms with E-state index in [-0.39, 0.29) is 22.4 Å². The molecule has 3 N–H and O–H groups in total. The largest absolute Gasteiger partial charge is 0.328 e. The maximum Gasteiger partial charge on any atom is 0.244 e. The third kappa shape index (κ3) is 4.30. The van der Waals surface area contributed by atoms with Crippen LogP contribution in [0.5, 0.6) is 0 Å². The molecule has 1 saturated heterocycles. The molecular formula is C14H23N3O4S2. The lowest BCUT2D eigenvalue weighted by Gasteiger charge is -2.18. The van der Waals surface area contributed by atoms with Crippen LogP contribution >= 0.6 is 0 Å². The van der Waals surface area contributed by atoms with Gasteiger partial charge in [-0.3, -0.25) is 0 Å². The summed E-state index contributed by atoms with van der Waals surface area (Å²) in [6, 6.07) is 5.57. The average Bonchev–Trinajstić information content (AvgIpc) is 3.01. The minimum atomic E-state index is -3.91. The molecule has 130 valence electrons. The summed E-state index contributed by atoms with van der Waals surface area (Å²) in [6.45, 7) is 2.79. The topological polar surface area (TPSA) is 110 Å². The van der Waals surface area contributed by atoms with E-state index in [1.807, 2.05) is 0 Å². The van der Waals surface area contributed by atoms with Gasteiger partial charge in [-0.05, 0) is 38.3 Å². The molecular weight excluding hydrogens is 338 g/mol. The van der Waals surface area contributed by atoms with Gasteiger partial charge >= 0.3 is 0 Å². The number of benzene rings is 1. The van der Waals surface area contributed by atoms with E-state index in [2.05, 4.69) is 4.72 Å². The van der Waals surface area contributed by atoms with E-state index in [9.17, 15) is 16.8 Å². The van der Waals surface area contributed by atoms with E-state index < -0.39 is 20.0 Å². The monoisotopic (exact) mass is 361 g/mol. The van der Waals surface area contributed by atoms with Gasteiger partial charge in [-0.1, -0.05) is 12.1 Å².